The average Bonchev–Trinajstić information content (AvgIpc) is 2.55. The average molecular weight is 478 g/mol. The van der Waals surface area contributed by atoms with E-state index in [1.54, 1.807) is 13.8 Å². The molecule has 6 nitrogen and oxygen atoms in total. The van der Waals surface area contributed by atoms with Crippen LogP contribution in [0.3, 0.4) is 0 Å². The van der Waals surface area contributed by atoms with Crippen LogP contribution in [0.2, 0.25) is 0 Å². The van der Waals surface area contributed by atoms with Crippen molar-refractivity contribution in [3.8, 4) is 0 Å². The van der Waals surface area contributed by atoms with E-state index in [-0.39, 0.29) is 5.90 Å². The van der Waals surface area contributed by atoms with Crippen molar-refractivity contribution in [2.75, 3.05) is 30.7 Å². The number of alkyl halides is 1. The number of morpholine rings is 1. The van der Waals surface area contributed by atoms with Gasteiger partial charge in [-0.25, -0.2) is 8.42 Å². The summed E-state index contributed by atoms with van der Waals surface area (Å²) in [5.74, 6) is 0.269. The van der Waals surface area contributed by atoms with Crippen LogP contribution < -0.4 is 0 Å². The Bertz CT molecular complexity index is 740. The van der Waals surface area contributed by atoms with E-state index < -0.39 is 20.9 Å². The van der Waals surface area contributed by atoms with Crippen LogP contribution in [-0.4, -0.2) is 55.5 Å². The number of nitrogens with zero attached hydrogens (tertiary/aromatic N) is 2. The fourth-order valence-electron chi connectivity index (χ4n) is 3.37. The number of halogens is 1. The van der Waals surface area contributed by atoms with E-state index in [9.17, 15) is 8.42 Å². The van der Waals surface area contributed by atoms with Gasteiger partial charge in [-0.3, -0.25) is 4.90 Å². The Kier molecular flexibility index (Phi) is 5.72. The number of benzene rings is 1. The minimum atomic E-state index is -3.65. The number of hydrogen-bond donors (Lipinski definition) is 0. The van der Waals surface area contributed by atoms with Crippen molar-refractivity contribution in [1.82, 2.24) is 4.90 Å². The number of ether oxygens (including phenoxy) is 2. The molecule has 1 fully saturated rings. The molecular weight excluding hydrogens is 455 g/mol. The van der Waals surface area contributed by atoms with Gasteiger partial charge in [0.1, 0.15) is 10.9 Å². The Balaban J connectivity index is 1.82. The molecule has 1 aromatic rings. The first-order chi connectivity index (χ1) is 11.8. The van der Waals surface area contributed by atoms with Gasteiger partial charge in [-0.2, -0.15) is 0 Å². The summed E-state index contributed by atoms with van der Waals surface area (Å²) in [6.45, 7) is 7.83. The maximum absolute atomic E-state index is 12.7. The smallest absolute Gasteiger partial charge is 0.267 e. The molecule has 1 unspecified atom stereocenters. The predicted octanol–water partition coefficient (Wildman–Crippen LogP) is 2.53. The van der Waals surface area contributed by atoms with Gasteiger partial charge < -0.3 is 9.47 Å². The van der Waals surface area contributed by atoms with Crippen LogP contribution in [0.5, 0.6) is 0 Å². The van der Waals surface area contributed by atoms with Crippen LogP contribution in [0.25, 0.3) is 0 Å². The molecule has 2 heterocycles. The topological polar surface area (TPSA) is 68.2 Å². The lowest BCUT2D eigenvalue weighted by molar-refractivity contribution is 0.0342. The molecule has 2 aliphatic rings. The Morgan fingerprint density at radius 2 is 1.88 bits per heavy atom. The first-order valence-electron chi connectivity index (χ1n) is 8.28. The monoisotopic (exact) mass is 478 g/mol. The Hall–Kier alpha value is -0.710. The number of hydrogen-bond acceptors (Lipinski definition) is 5. The van der Waals surface area contributed by atoms with Gasteiger partial charge in [0.05, 0.1) is 17.6 Å². The fourth-order valence-corrected chi connectivity index (χ4v) is 5.68. The molecule has 138 valence electrons. The zero-order valence-electron chi connectivity index (χ0n) is 14.4. The molecule has 0 saturated carbocycles. The second-order valence-electron chi connectivity index (χ2n) is 6.85. The highest BCUT2D eigenvalue weighted by Crippen LogP contribution is 2.40. The van der Waals surface area contributed by atoms with Gasteiger partial charge in [0.25, 0.3) is 10.0 Å². The van der Waals surface area contributed by atoms with Gasteiger partial charge in [0.2, 0.25) is 5.90 Å². The standard InChI is InChI=1S/C17H23IN2O4S/c1-17(2)16(25(21,22)19-15(11-18)24-17)14-5-3-13(4-6-14)12-20-7-9-23-10-8-20/h3-6,16H,7-12H2,1-2H3. The van der Waals surface area contributed by atoms with E-state index in [2.05, 4.69) is 31.9 Å². The lowest BCUT2D eigenvalue weighted by Crippen LogP contribution is -2.43. The largest absolute Gasteiger partial charge is 0.472 e. The Morgan fingerprint density at radius 3 is 2.44 bits per heavy atom. The minimum absolute atomic E-state index is 0.269. The molecule has 0 radical (unpaired) electrons. The summed E-state index contributed by atoms with van der Waals surface area (Å²) in [5, 5.41) is -0.802. The summed E-state index contributed by atoms with van der Waals surface area (Å²) in [6.07, 6.45) is 0. The zero-order valence-corrected chi connectivity index (χ0v) is 17.4. The molecule has 1 aromatic carbocycles. The highest BCUT2D eigenvalue weighted by atomic mass is 127. The van der Waals surface area contributed by atoms with E-state index >= 15 is 0 Å². The molecule has 0 amide bonds. The molecule has 2 aliphatic heterocycles. The van der Waals surface area contributed by atoms with Gasteiger partial charge in [-0.05, 0) is 25.0 Å². The molecule has 8 heteroatoms. The van der Waals surface area contributed by atoms with E-state index in [0.717, 1.165) is 38.4 Å². The summed E-state index contributed by atoms with van der Waals surface area (Å²) in [4.78, 5) is 2.33. The SMILES string of the molecule is CC1(C)OC(CI)=NS(=O)(=O)C1c1ccc(CN2CCOCC2)cc1. The third-order valence-electron chi connectivity index (χ3n) is 4.45. The molecular formula is C17H23IN2O4S. The van der Waals surface area contributed by atoms with Gasteiger partial charge in [-0.1, -0.05) is 46.9 Å². The predicted molar refractivity (Wildman–Crippen MR) is 106 cm³/mol. The summed E-state index contributed by atoms with van der Waals surface area (Å²) in [6, 6.07) is 7.75. The first kappa shape index (κ1) is 19.1. The van der Waals surface area contributed by atoms with Crippen LogP contribution >= 0.6 is 22.6 Å². The second-order valence-corrected chi connectivity index (χ2v) is 9.30. The molecule has 1 saturated heterocycles. The molecule has 0 bridgehead atoms. The normalized spacial score (nSPS) is 25.9. The maximum atomic E-state index is 12.7. The van der Waals surface area contributed by atoms with Gasteiger partial charge >= 0.3 is 0 Å². The zero-order chi connectivity index (χ0) is 18.1. The van der Waals surface area contributed by atoms with Crippen molar-refractivity contribution in [3.05, 3.63) is 35.4 Å². The van der Waals surface area contributed by atoms with Crippen molar-refractivity contribution in [2.24, 2.45) is 4.40 Å². The van der Waals surface area contributed by atoms with Crippen LogP contribution in [0.1, 0.15) is 30.2 Å². The molecule has 0 spiro atoms. The maximum Gasteiger partial charge on any atom is 0.267 e. The molecule has 3 rings (SSSR count). The van der Waals surface area contributed by atoms with Gasteiger partial charge in [0.15, 0.2) is 0 Å². The van der Waals surface area contributed by atoms with Gasteiger partial charge in [0, 0.05) is 19.6 Å². The van der Waals surface area contributed by atoms with Gasteiger partial charge in [-0.15, -0.1) is 4.40 Å². The third-order valence-corrected chi connectivity index (χ3v) is 6.99. The lowest BCUT2D eigenvalue weighted by atomic mass is 9.96. The Labute approximate surface area is 162 Å². The highest BCUT2D eigenvalue weighted by Gasteiger charge is 2.46. The number of rotatable bonds is 4. The van der Waals surface area contributed by atoms with Crippen molar-refractivity contribution >= 4 is 38.5 Å². The first-order valence-corrected chi connectivity index (χ1v) is 11.3. The summed E-state index contributed by atoms with van der Waals surface area (Å²) in [7, 11) is -3.65. The summed E-state index contributed by atoms with van der Waals surface area (Å²) in [5.41, 5.74) is 1.02. The van der Waals surface area contributed by atoms with Crippen LogP contribution in [0.15, 0.2) is 28.7 Å². The summed E-state index contributed by atoms with van der Waals surface area (Å²) < 4.78 is 40.8. The quantitative estimate of drug-likeness (QED) is 0.492. The van der Waals surface area contributed by atoms with Crippen LogP contribution in [-0.2, 0) is 26.0 Å². The lowest BCUT2D eigenvalue weighted by Gasteiger charge is -2.37. The van der Waals surface area contributed by atoms with E-state index in [1.165, 1.54) is 0 Å². The molecule has 0 aromatic heterocycles. The molecule has 1 atom stereocenters. The Morgan fingerprint density at radius 1 is 1.24 bits per heavy atom. The van der Waals surface area contributed by atoms with E-state index in [4.69, 9.17) is 9.47 Å². The highest BCUT2D eigenvalue weighted by molar-refractivity contribution is 14.1. The van der Waals surface area contributed by atoms with E-state index in [1.807, 2.05) is 24.3 Å². The van der Waals surface area contributed by atoms with Crippen molar-refractivity contribution < 1.29 is 17.9 Å². The third kappa shape index (κ3) is 4.35. The van der Waals surface area contributed by atoms with Crippen molar-refractivity contribution in [2.45, 2.75) is 31.2 Å². The van der Waals surface area contributed by atoms with Crippen molar-refractivity contribution in [1.29, 1.82) is 0 Å². The molecule has 0 N–H and O–H groups in total. The van der Waals surface area contributed by atoms with Crippen LogP contribution in [0.4, 0.5) is 0 Å². The van der Waals surface area contributed by atoms with E-state index in [0.29, 0.717) is 9.99 Å². The minimum Gasteiger partial charge on any atom is -0.472 e. The second kappa shape index (κ2) is 7.50. The fraction of sp³-hybridized carbons (Fsp3) is 0.588. The molecule has 0 aliphatic carbocycles. The van der Waals surface area contributed by atoms with Crippen LogP contribution in [0, 0.1) is 0 Å². The van der Waals surface area contributed by atoms with Crippen molar-refractivity contribution in [3.63, 3.8) is 0 Å². The number of sulfonamides is 1. The summed E-state index contributed by atoms with van der Waals surface area (Å²) >= 11 is 2.06. The molecule has 25 heavy (non-hydrogen) atoms.